The van der Waals surface area contributed by atoms with Gasteiger partial charge in [0.05, 0.1) is 6.54 Å². The molecule has 2 atom stereocenters. The maximum Gasteiger partial charge on any atom is 0.142 e. The molecule has 0 fully saturated rings. The van der Waals surface area contributed by atoms with Crippen LogP contribution in [0.25, 0.3) is 11.3 Å². The van der Waals surface area contributed by atoms with Gasteiger partial charge < -0.3 is 0 Å². The Morgan fingerprint density at radius 1 is 0.875 bits per heavy atom. The molecule has 24 heavy (non-hydrogen) atoms. The van der Waals surface area contributed by atoms with Crippen LogP contribution >= 0.6 is 0 Å². The van der Waals surface area contributed by atoms with Crippen molar-refractivity contribution in [1.82, 2.24) is 0 Å². The lowest BCUT2D eigenvalue weighted by atomic mass is 9.80. The lowest BCUT2D eigenvalue weighted by Gasteiger charge is -2.39. The van der Waals surface area contributed by atoms with Gasteiger partial charge in [-0.15, -0.1) is 0 Å². The Labute approximate surface area is 146 Å². The van der Waals surface area contributed by atoms with Gasteiger partial charge in [-0.2, -0.15) is 0 Å². The maximum atomic E-state index is 2.43. The van der Waals surface area contributed by atoms with Crippen molar-refractivity contribution in [1.29, 1.82) is 0 Å². The summed E-state index contributed by atoms with van der Waals surface area (Å²) in [7, 11) is 0. The van der Waals surface area contributed by atoms with E-state index in [0.717, 1.165) is 0 Å². The summed E-state index contributed by atoms with van der Waals surface area (Å²) in [5.41, 5.74) is 14.8. The predicted octanol–water partition coefficient (Wildman–Crippen LogP) is 4.32. The van der Waals surface area contributed by atoms with Crippen molar-refractivity contribution in [2.75, 3.05) is 6.54 Å². The lowest BCUT2D eigenvalue weighted by molar-refractivity contribution is -0.859. The molecule has 2 aliphatic rings. The Morgan fingerprint density at radius 3 is 2.33 bits per heavy atom. The van der Waals surface area contributed by atoms with Gasteiger partial charge in [0, 0.05) is 23.1 Å². The summed E-state index contributed by atoms with van der Waals surface area (Å²) < 4.78 is 0. The second-order valence-corrected chi connectivity index (χ2v) is 7.81. The number of hydrogen-bond acceptors (Lipinski definition) is 0. The Balaban J connectivity index is 2.02. The van der Waals surface area contributed by atoms with E-state index in [4.69, 9.17) is 0 Å². The lowest BCUT2D eigenvalue weighted by Crippen LogP contribution is -3.11. The first-order valence-electron chi connectivity index (χ1n) is 9.18. The van der Waals surface area contributed by atoms with Gasteiger partial charge >= 0.3 is 0 Å². The van der Waals surface area contributed by atoms with Crippen LogP contribution in [0.5, 0.6) is 0 Å². The minimum absolute atomic E-state index is 0.536. The molecule has 4 rings (SSSR count). The number of benzene rings is 2. The Bertz CT molecular complexity index is 885. The molecular formula is C23H28N+. The molecule has 0 saturated heterocycles. The third-order valence-corrected chi connectivity index (χ3v) is 6.49. The normalized spacial score (nSPS) is 22.1. The first-order chi connectivity index (χ1) is 11.4. The van der Waals surface area contributed by atoms with Gasteiger partial charge in [-0.1, -0.05) is 18.2 Å². The van der Waals surface area contributed by atoms with E-state index in [-0.39, 0.29) is 0 Å². The summed E-state index contributed by atoms with van der Waals surface area (Å²) in [6.07, 6.45) is 1.19. The summed E-state index contributed by atoms with van der Waals surface area (Å²) in [4.78, 5) is 1.66. The van der Waals surface area contributed by atoms with Crippen LogP contribution in [0.1, 0.15) is 64.4 Å². The topological polar surface area (TPSA) is 4.44 Å². The van der Waals surface area contributed by atoms with Crippen LogP contribution in [0.15, 0.2) is 24.3 Å². The van der Waals surface area contributed by atoms with Crippen molar-refractivity contribution < 1.29 is 4.90 Å². The first-order valence-corrected chi connectivity index (χ1v) is 9.18. The van der Waals surface area contributed by atoms with Gasteiger partial charge in [0.2, 0.25) is 0 Å². The van der Waals surface area contributed by atoms with E-state index in [1.807, 2.05) is 0 Å². The number of rotatable bonds is 0. The summed E-state index contributed by atoms with van der Waals surface area (Å²) >= 11 is 0. The SMILES string of the molecule is CC1=C2c3cc(C)c(C)cc3CC[NH+]2C(C)c2c1ccc(C)c2C. The summed E-state index contributed by atoms with van der Waals surface area (Å²) in [6.45, 7) is 15.0. The van der Waals surface area contributed by atoms with E-state index in [1.165, 1.54) is 57.5 Å². The van der Waals surface area contributed by atoms with Crippen LogP contribution in [-0.2, 0) is 6.42 Å². The fraction of sp³-hybridized carbons (Fsp3) is 0.391. The number of aryl methyl sites for hydroxylation is 3. The molecule has 0 aromatic heterocycles. The second-order valence-electron chi connectivity index (χ2n) is 7.81. The van der Waals surface area contributed by atoms with Crippen molar-refractivity contribution in [2.24, 2.45) is 0 Å². The molecule has 0 saturated carbocycles. The molecule has 2 heterocycles. The maximum absolute atomic E-state index is 2.43. The van der Waals surface area contributed by atoms with Crippen LogP contribution in [0.2, 0.25) is 0 Å². The molecule has 124 valence electrons. The molecule has 1 nitrogen and oxygen atoms in total. The fourth-order valence-corrected chi connectivity index (χ4v) is 4.79. The molecule has 0 amide bonds. The van der Waals surface area contributed by atoms with Crippen LogP contribution in [0.3, 0.4) is 0 Å². The molecule has 0 spiro atoms. The molecule has 0 radical (unpaired) electrons. The zero-order chi connectivity index (χ0) is 17.2. The molecule has 0 bridgehead atoms. The van der Waals surface area contributed by atoms with E-state index in [0.29, 0.717) is 6.04 Å². The number of hydrogen-bond donors (Lipinski definition) is 1. The zero-order valence-electron chi connectivity index (χ0n) is 15.8. The Kier molecular flexibility index (Phi) is 3.47. The standard InChI is InChI=1S/C23H27N/c1-13-7-8-20-17(5)23-21-12-15(3)14(2)11-19(21)9-10-24(23)18(6)22(20)16(13)4/h7-8,11-12,18H,9-10H2,1-6H3/p+1. The molecule has 0 aliphatic carbocycles. The van der Waals surface area contributed by atoms with Gasteiger partial charge in [-0.3, -0.25) is 4.90 Å². The predicted molar refractivity (Wildman–Crippen MR) is 102 cm³/mol. The second kappa shape index (κ2) is 5.32. The van der Waals surface area contributed by atoms with E-state index in [1.54, 1.807) is 16.2 Å². The Hall–Kier alpha value is -1.86. The number of nitrogens with one attached hydrogen (secondary N) is 1. The molecule has 2 aromatic carbocycles. The van der Waals surface area contributed by atoms with Gasteiger partial charge in [0.1, 0.15) is 11.7 Å². The number of quaternary nitrogens is 1. The summed E-state index contributed by atoms with van der Waals surface area (Å²) in [6, 6.07) is 10.0. The molecule has 2 unspecified atom stereocenters. The van der Waals surface area contributed by atoms with Crippen molar-refractivity contribution in [3.63, 3.8) is 0 Å². The third-order valence-electron chi connectivity index (χ3n) is 6.49. The van der Waals surface area contributed by atoms with E-state index in [2.05, 4.69) is 65.8 Å². The minimum atomic E-state index is 0.536. The van der Waals surface area contributed by atoms with Gasteiger partial charge in [0.25, 0.3) is 0 Å². The molecule has 2 aliphatic heterocycles. The summed E-state index contributed by atoms with van der Waals surface area (Å²) in [5, 5.41) is 0. The van der Waals surface area contributed by atoms with Crippen LogP contribution < -0.4 is 4.90 Å². The molecule has 1 N–H and O–H groups in total. The van der Waals surface area contributed by atoms with Crippen molar-refractivity contribution in [3.8, 4) is 0 Å². The number of allylic oxidation sites excluding steroid dienone is 1. The molecule has 1 heteroatoms. The molecule has 2 aromatic rings. The van der Waals surface area contributed by atoms with Crippen molar-refractivity contribution in [2.45, 2.75) is 54.0 Å². The molecular weight excluding hydrogens is 290 g/mol. The van der Waals surface area contributed by atoms with Gasteiger partial charge in [-0.05, 0) is 81.0 Å². The first kappa shape index (κ1) is 15.7. The number of fused-ring (bicyclic) bond motifs is 4. The van der Waals surface area contributed by atoms with E-state index < -0.39 is 0 Å². The van der Waals surface area contributed by atoms with Crippen LogP contribution in [0, 0.1) is 27.7 Å². The minimum Gasteiger partial charge on any atom is -0.295 e. The fourth-order valence-electron chi connectivity index (χ4n) is 4.79. The monoisotopic (exact) mass is 318 g/mol. The Morgan fingerprint density at radius 2 is 1.58 bits per heavy atom. The largest absolute Gasteiger partial charge is 0.295 e. The van der Waals surface area contributed by atoms with E-state index >= 15 is 0 Å². The van der Waals surface area contributed by atoms with Gasteiger partial charge in [-0.25, -0.2) is 0 Å². The highest BCUT2D eigenvalue weighted by atomic mass is 15.2. The average Bonchev–Trinajstić information content (AvgIpc) is 2.55. The highest BCUT2D eigenvalue weighted by Crippen LogP contribution is 2.38. The third kappa shape index (κ3) is 2.04. The summed E-state index contributed by atoms with van der Waals surface area (Å²) in [5.74, 6) is 0. The van der Waals surface area contributed by atoms with Gasteiger partial charge in [0.15, 0.2) is 0 Å². The average molecular weight is 318 g/mol. The highest BCUT2D eigenvalue weighted by Gasteiger charge is 2.38. The van der Waals surface area contributed by atoms with Crippen molar-refractivity contribution in [3.05, 3.63) is 68.8 Å². The smallest absolute Gasteiger partial charge is 0.142 e. The zero-order valence-corrected chi connectivity index (χ0v) is 15.8. The quantitative estimate of drug-likeness (QED) is 0.738. The highest BCUT2D eigenvalue weighted by molar-refractivity contribution is 5.90. The van der Waals surface area contributed by atoms with Crippen molar-refractivity contribution >= 4 is 11.3 Å². The van der Waals surface area contributed by atoms with Crippen LogP contribution in [-0.4, -0.2) is 6.54 Å². The van der Waals surface area contributed by atoms with E-state index in [9.17, 15) is 0 Å². The van der Waals surface area contributed by atoms with Crippen LogP contribution in [0.4, 0.5) is 0 Å².